The molecule has 3 heteroatoms. The van der Waals surface area contributed by atoms with E-state index in [1.807, 2.05) is 0 Å². The second-order valence-corrected chi connectivity index (χ2v) is 7.34. The largest absolute Gasteiger partial charge is 0.457 e. The standard InChI is InChI=1S/C23H28N2O/c1-24(2)13-5-7-18-9-11-22-20(15-18)17-21-16-19(8-6-14-25(3)4)10-12-23(21)26-22/h5-12,15-16H,13-14,17H2,1-4H3. The van der Waals surface area contributed by atoms with Gasteiger partial charge < -0.3 is 14.5 Å². The summed E-state index contributed by atoms with van der Waals surface area (Å²) in [5.74, 6) is 1.94. The van der Waals surface area contributed by atoms with Crippen molar-refractivity contribution in [3.63, 3.8) is 0 Å². The number of likely N-dealkylation sites (N-methyl/N-ethyl adjacent to an activating group) is 2. The fourth-order valence-corrected chi connectivity index (χ4v) is 3.00. The van der Waals surface area contributed by atoms with Crippen LogP contribution in [0.3, 0.4) is 0 Å². The SMILES string of the molecule is CN(C)CC=Cc1ccc2c(c1)Cc1cc(C=CCN(C)C)ccc1O2. The Hall–Kier alpha value is -2.36. The van der Waals surface area contributed by atoms with Gasteiger partial charge in [0.1, 0.15) is 11.5 Å². The molecule has 0 saturated carbocycles. The summed E-state index contributed by atoms with van der Waals surface area (Å²) in [6, 6.07) is 12.9. The van der Waals surface area contributed by atoms with Crippen LogP contribution in [-0.2, 0) is 6.42 Å². The molecule has 26 heavy (non-hydrogen) atoms. The van der Waals surface area contributed by atoms with Gasteiger partial charge in [-0.3, -0.25) is 0 Å². The minimum atomic E-state index is 0.912. The van der Waals surface area contributed by atoms with Crippen LogP contribution in [0.1, 0.15) is 22.3 Å². The first kappa shape index (κ1) is 18.4. The fourth-order valence-electron chi connectivity index (χ4n) is 3.00. The molecule has 0 aromatic heterocycles. The zero-order valence-electron chi connectivity index (χ0n) is 16.2. The third kappa shape index (κ3) is 4.84. The molecular weight excluding hydrogens is 320 g/mol. The highest BCUT2D eigenvalue weighted by atomic mass is 16.5. The molecule has 3 nitrogen and oxygen atoms in total. The Balaban J connectivity index is 1.76. The van der Waals surface area contributed by atoms with Crippen LogP contribution in [0, 0.1) is 0 Å². The Kier molecular flexibility index (Phi) is 5.92. The van der Waals surface area contributed by atoms with Crippen molar-refractivity contribution >= 4 is 12.2 Å². The molecule has 0 unspecified atom stereocenters. The van der Waals surface area contributed by atoms with Crippen molar-refractivity contribution in [1.82, 2.24) is 9.80 Å². The molecule has 3 rings (SSSR count). The third-order valence-electron chi connectivity index (χ3n) is 4.33. The van der Waals surface area contributed by atoms with Gasteiger partial charge in [0.2, 0.25) is 0 Å². The molecule has 2 aromatic rings. The van der Waals surface area contributed by atoms with E-state index in [1.165, 1.54) is 22.3 Å². The second-order valence-electron chi connectivity index (χ2n) is 7.34. The first-order valence-corrected chi connectivity index (χ1v) is 9.07. The van der Waals surface area contributed by atoms with Crippen LogP contribution in [-0.4, -0.2) is 51.1 Å². The highest BCUT2D eigenvalue weighted by Crippen LogP contribution is 2.37. The molecule has 1 aliphatic heterocycles. The van der Waals surface area contributed by atoms with Gasteiger partial charge in [0.15, 0.2) is 0 Å². The molecule has 2 aromatic carbocycles. The Labute approximate surface area is 157 Å². The first-order chi connectivity index (χ1) is 12.5. The predicted molar refractivity (Wildman–Crippen MR) is 111 cm³/mol. The zero-order valence-corrected chi connectivity index (χ0v) is 16.2. The van der Waals surface area contributed by atoms with Crippen molar-refractivity contribution in [3.05, 3.63) is 70.8 Å². The van der Waals surface area contributed by atoms with Crippen molar-refractivity contribution in [1.29, 1.82) is 0 Å². The zero-order chi connectivity index (χ0) is 18.5. The van der Waals surface area contributed by atoms with E-state index in [1.54, 1.807) is 0 Å². The maximum absolute atomic E-state index is 6.11. The summed E-state index contributed by atoms with van der Waals surface area (Å²) in [4.78, 5) is 4.30. The van der Waals surface area contributed by atoms with E-state index in [2.05, 4.69) is 98.7 Å². The van der Waals surface area contributed by atoms with Gasteiger partial charge in [0, 0.05) is 19.5 Å². The second kappa shape index (κ2) is 8.35. The van der Waals surface area contributed by atoms with Crippen LogP contribution in [0.4, 0.5) is 0 Å². The van der Waals surface area contributed by atoms with Crippen LogP contribution < -0.4 is 4.74 Å². The van der Waals surface area contributed by atoms with Gasteiger partial charge in [-0.05, 0) is 74.7 Å². The minimum absolute atomic E-state index is 0.912. The monoisotopic (exact) mass is 348 g/mol. The number of nitrogens with zero attached hydrogens (tertiary/aromatic N) is 2. The number of rotatable bonds is 6. The number of fused-ring (bicyclic) bond motifs is 2. The van der Waals surface area contributed by atoms with Crippen molar-refractivity contribution in [2.45, 2.75) is 6.42 Å². The van der Waals surface area contributed by atoms with E-state index >= 15 is 0 Å². The van der Waals surface area contributed by atoms with Crippen molar-refractivity contribution in [3.8, 4) is 11.5 Å². The summed E-state index contributed by atoms with van der Waals surface area (Å²) < 4.78 is 6.11. The van der Waals surface area contributed by atoms with E-state index in [9.17, 15) is 0 Å². The molecule has 0 radical (unpaired) electrons. The third-order valence-corrected chi connectivity index (χ3v) is 4.33. The van der Waals surface area contributed by atoms with E-state index in [0.717, 1.165) is 31.0 Å². The molecule has 0 N–H and O–H groups in total. The fraction of sp³-hybridized carbons (Fsp3) is 0.304. The van der Waals surface area contributed by atoms with Gasteiger partial charge in [0.05, 0.1) is 0 Å². The van der Waals surface area contributed by atoms with Gasteiger partial charge in [-0.25, -0.2) is 0 Å². The summed E-state index contributed by atoms with van der Waals surface area (Å²) in [7, 11) is 8.30. The summed E-state index contributed by atoms with van der Waals surface area (Å²) >= 11 is 0. The van der Waals surface area contributed by atoms with Crippen LogP contribution in [0.15, 0.2) is 48.6 Å². The molecule has 0 fully saturated rings. The number of benzene rings is 2. The van der Waals surface area contributed by atoms with Gasteiger partial charge in [0.25, 0.3) is 0 Å². The molecule has 0 amide bonds. The smallest absolute Gasteiger partial charge is 0.131 e. The highest BCUT2D eigenvalue weighted by molar-refractivity contribution is 5.60. The average Bonchev–Trinajstić information content (AvgIpc) is 2.59. The molecule has 0 bridgehead atoms. The molecular formula is C23H28N2O. The summed E-state index contributed by atoms with van der Waals surface area (Å²) in [5, 5.41) is 0. The predicted octanol–water partition coefficient (Wildman–Crippen LogP) is 4.53. The minimum Gasteiger partial charge on any atom is -0.457 e. The van der Waals surface area contributed by atoms with Crippen LogP contribution in [0.5, 0.6) is 11.5 Å². The Morgan fingerprint density at radius 3 is 1.65 bits per heavy atom. The molecule has 1 aliphatic rings. The van der Waals surface area contributed by atoms with Gasteiger partial charge in [-0.2, -0.15) is 0 Å². The van der Waals surface area contributed by atoms with Crippen molar-refractivity contribution < 1.29 is 4.74 Å². The molecule has 0 spiro atoms. The number of hydrogen-bond acceptors (Lipinski definition) is 3. The normalized spacial score (nSPS) is 13.5. The van der Waals surface area contributed by atoms with E-state index < -0.39 is 0 Å². The lowest BCUT2D eigenvalue weighted by Gasteiger charge is -2.21. The average molecular weight is 348 g/mol. The highest BCUT2D eigenvalue weighted by Gasteiger charge is 2.17. The summed E-state index contributed by atoms with van der Waals surface area (Å²) in [6.45, 7) is 1.89. The molecule has 0 atom stereocenters. The number of ether oxygens (including phenoxy) is 1. The van der Waals surface area contributed by atoms with E-state index in [4.69, 9.17) is 4.74 Å². The Morgan fingerprint density at radius 2 is 1.23 bits per heavy atom. The van der Waals surface area contributed by atoms with Gasteiger partial charge in [-0.1, -0.05) is 36.4 Å². The number of hydrogen-bond donors (Lipinski definition) is 0. The lowest BCUT2D eigenvalue weighted by molar-refractivity contribution is 0.457. The molecule has 0 saturated heterocycles. The van der Waals surface area contributed by atoms with Crippen molar-refractivity contribution in [2.75, 3.05) is 41.3 Å². The molecule has 136 valence electrons. The van der Waals surface area contributed by atoms with E-state index in [0.29, 0.717) is 0 Å². The molecule has 1 heterocycles. The van der Waals surface area contributed by atoms with Crippen molar-refractivity contribution in [2.24, 2.45) is 0 Å². The van der Waals surface area contributed by atoms with Crippen LogP contribution >= 0.6 is 0 Å². The summed E-state index contributed by atoms with van der Waals surface area (Å²) in [5.41, 5.74) is 4.94. The first-order valence-electron chi connectivity index (χ1n) is 9.07. The maximum atomic E-state index is 6.11. The topological polar surface area (TPSA) is 15.7 Å². The van der Waals surface area contributed by atoms with Gasteiger partial charge in [-0.15, -0.1) is 0 Å². The van der Waals surface area contributed by atoms with Crippen LogP contribution in [0.25, 0.3) is 12.2 Å². The lowest BCUT2D eigenvalue weighted by atomic mass is 9.97. The summed E-state index contributed by atoms with van der Waals surface area (Å²) in [6.07, 6.45) is 9.64. The van der Waals surface area contributed by atoms with Gasteiger partial charge >= 0.3 is 0 Å². The Bertz CT molecular complexity index is 751. The Morgan fingerprint density at radius 1 is 0.769 bits per heavy atom. The maximum Gasteiger partial charge on any atom is 0.131 e. The molecule has 0 aliphatic carbocycles. The van der Waals surface area contributed by atoms with E-state index in [-0.39, 0.29) is 0 Å². The quantitative estimate of drug-likeness (QED) is 0.651. The lowest BCUT2D eigenvalue weighted by Crippen LogP contribution is -2.10. The van der Waals surface area contributed by atoms with Crippen LogP contribution in [0.2, 0.25) is 0 Å².